The van der Waals surface area contributed by atoms with Crippen molar-refractivity contribution in [2.24, 2.45) is 5.10 Å². The second kappa shape index (κ2) is 5.58. The highest BCUT2D eigenvalue weighted by atomic mass is 32.1. The molecule has 0 saturated heterocycles. The van der Waals surface area contributed by atoms with E-state index in [2.05, 4.69) is 20.3 Å². The van der Waals surface area contributed by atoms with Crippen LogP contribution >= 0.6 is 12.2 Å². The van der Waals surface area contributed by atoms with Crippen LogP contribution < -0.4 is 0 Å². The number of pyridine rings is 1. The molecule has 0 aliphatic rings. The first kappa shape index (κ1) is 12.4. The van der Waals surface area contributed by atoms with Crippen LogP contribution in [0.1, 0.15) is 5.56 Å². The molecule has 20 heavy (non-hydrogen) atoms. The third-order valence-corrected chi connectivity index (χ3v) is 2.98. The van der Waals surface area contributed by atoms with Gasteiger partial charge in [0.2, 0.25) is 4.77 Å². The topological polar surface area (TPSA) is 58.9 Å². The van der Waals surface area contributed by atoms with Gasteiger partial charge in [0.25, 0.3) is 0 Å². The van der Waals surface area contributed by atoms with Crippen LogP contribution in [0.3, 0.4) is 0 Å². The predicted molar refractivity (Wildman–Crippen MR) is 80.1 cm³/mol. The molecule has 3 aromatic rings. The Morgan fingerprint density at radius 1 is 1.10 bits per heavy atom. The van der Waals surface area contributed by atoms with Gasteiger partial charge in [-0.3, -0.25) is 4.98 Å². The number of aromatic nitrogens is 4. The summed E-state index contributed by atoms with van der Waals surface area (Å²) in [6.45, 7) is 0. The highest BCUT2D eigenvalue weighted by Gasteiger charge is 2.07. The van der Waals surface area contributed by atoms with E-state index in [0.717, 1.165) is 11.1 Å². The fourth-order valence-electron chi connectivity index (χ4n) is 1.75. The summed E-state index contributed by atoms with van der Waals surface area (Å²) in [5.41, 5.74) is 1.90. The molecule has 3 rings (SSSR count). The molecule has 0 fully saturated rings. The molecule has 2 aromatic heterocycles. The van der Waals surface area contributed by atoms with Crippen molar-refractivity contribution in [2.75, 3.05) is 0 Å². The first-order chi connectivity index (χ1) is 9.84. The molecule has 0 aliphatic carbocycles. The maximum absolute atomic E-state index is 5.20. The number of benzene rings is 1. The highest BCUT2D eigenvalue weighted by Crippen LogP contribution is 2.15. The Hall–Kier alpha value is -2.60. The number of hydrogen-bond donors (Lipinski definition) is 1. The fourth-order valence-corrected chi connectivity index (χ4v) is 1.93. The molecule has 0 radical (unpaired) electrons. The van der Waals surface area contributed by atoms with Crippen molar-refractivity contribution in [2.45, 2.75) is 0 Å². The first-order valence-corrected chi connectivity index (χ1v) is 6.42. The van der Waals surface area contributed by atoms with Gasteiger partial charge in [0.05, 0.1) is 6.21 Å². The van der Waals surface area contributed by atoms with Crippen LogP contribution in [0.5, 0.6) is 0 Å². The summed E-state index contributed by atoms with van der Waals surface area (Å²) in [7, 11) is 0. The van der Waals surface area contributed by atoms with Gasteiger partial charge in [-0.05, 0) is 29.9 Å². The summed E-state index contributed by atoms with van der Waals surface area (Å²) in [6, 6.07) is 13.5. The standard InChI is InChI=1S/C14H11N5S/c20-14-18-17-13(12-6-8-15-9-7-12)19(14)16-10-11-4-2-1-3-5-11/h1-10H,(H,18,20). The summed E-state index contributed by atoms with van der Waals surface area (Å²) in [6.07, 6.45) is 5.16. The minimum absolute atomic E-state index is 0.448. The Bertz CT molecular complexity index is 774. The maximum atomic E-state index is 5.20. The number of nitrogens with one attached hydrogen (secondary N) is 1. The number of nitrogens with zero attached hydrogens (tertiary/aromatic N) is 4. The molecule has 0 aliphatic heterocycles. The van der Waals surface area contributed by atoms with Crippen molar-refractivity contribution < 1.29 is 0 Å². The second-order valence-electron chi connectivity index (χ2n) is 4.06. The molecule has 0 amide bonds. The molecule has 6 heteroatoms. The van der Waals surface area contributed by atoms with E-state index in [9.17, 15) is 0 Å². The summed E-state index contributed by atoms with van der Waals surface area (Å²) in [4.78, 5) is 3.99. The van der Waals surface area contributed by atoms with Gasteiger partial charge in [0.1, 0.15) is 0 Å². The van der Waals surface area contributed by atoms with Crippen molar-refractivity contribution in [3.63, 3.8) is 0 Å². The van der Waals surface area contributed by atoms with E-state index in [-0.39, 0.29) is 0 Å². The largest absolute Gasteiger partial charge is 0.265 e. The van der Waals surface area contributed by atoms with E-state index in [4.69, 9.17) is 12.2 Å². The zero-order chi connectivity index (χ0) is 13.8. The number of rotatable bonds is 3. The van der Waals surface area contributed by atoms with E-state index in [1.165, 1.54) is 0 Å². The highest BCUT2D eigenvalue weighted by molar-refractivity contribution is 7.71. The normalized spacial score (nSPS) is 11.0. The lowest BCUT2D eigenvalue weighted by atomic mass is 10.2. The molecule has 0 spiro atoms. The monoisotopic (exact) mass is 281 g/mol. The van der Waals surface area contributed by atoms with Gasteiger partial charge in [-0.2, -0.15) is 14.9 Å². The number of H-pyrrole nitrogens is 1. The lowest BCUT2D eigenvalue weighted by Crippen LogP contribution is -1.95. The lowest BCUT2D eigenvalue weighted by molar-refractivity contribution is 0.871. The van der Waals surface area contributed by atoms with Gasteiger partial charge in [-0.15, -0.1) is 0 Å². The van der Waals surface area contributed by atoms with E-state index < -0.39 is 0 Å². The van der Waals surface area contributed by atoms with Crippen LogP contribution in [0.25, 0.3) is 11.4 Å². The van der Waals surface area contributed by atoms with E-state index in [1.807, 2.05) is 42.5 Å². The van der Waals surface area contributed by atoms with Gasteiger partial charge >= 0.3 is 0 Å². The van der Waals surface area contributed by atoms with Gasteiger partial charge in [0.15, 0.2) is 5.82 Å². The molecule has 2 heterocycles. The van der Waals surface area contributed by atoms with Crippen LogP contribution in [0.2, 0.25) is 0 Å². The molecule has 5 nitrogen and oxygen atoms in total. The van der Waals surface area contributed by atoms with Crippen LogP contribution in [-0.4, -0.2) is 26.1 Å². The van der Waals surface area contributed by atoms with Gasteiger partial charge in [-0.25, -0.2) is 5.10 Å². The summed E-state index contributed by atoms with van der Waals surface area (Å²) >= 11 is 5.20. The fraction of sp³-hybridized carbons (Fsp3) is 0. The first-order valence-electron chi connectivity index (χ1n) is 6.02. The van der Waals surface area contributed by atoms with Gasteiger partial charge < -0.3 is 0 Å². The Kier molecular flexibility index (Phi) is 3.47. The lowest BCUT2D eigenvalue weighted by Gasteiger charge is -2.00. The molecule has 1 N–H and O–H groups in total. The quantitative estimate of drug-likeness (QED) is 0.593. The van der Waals surface area contributed by atoms with Crippen molar-refractivity contribution in [3.05, 3.63) is 65.2 Å². The van der Waals surface area contributed by atoms with Crippen LogP contribution in [-0.2, 0) is 0 Å². The third-order valence-electron chi connectivity index (χ3n) is 2.71. The molecule has 0 unspecified atom stereocenters. The Morgan fingerprint density at radius 2 is 1.85 bits per heavy atom. The maximum Gasteiger partial charge on any atom is 0.216 e. The predicted octanol–water partition coefficient (Wildman–Crippen LogP) is 2.88. The summed E-state index contributed by atoms with van der Waals surface area (Å²) in [5.74, 6) is 0.657. The smallest absolute Gasteiger partial charge is 0.216 e. The van der Waals surface area contributed by atoms with Crippen LogP contribution in [0, 0.1) is 4.77 Å². The Labute approximate surface area is 120 Å². The zero-order valence-electron chi connectivity index (χ0n) is 10.5. The molecule has 0 bridgehead atoms. The number of aromatic amines is 1. The summed E-state index contributed by atoms with van der Waals surface area (Å²) in [5, 5.41) is 11.3. The van der Waals surface area contributed by atoms with Crippen molar-refractivity contribution in [1.29, 1.82) is 0 Å². The Morgan fingerprint density at radius 3 is 2.60 bits per heavy atom. The van der Waals surface area contributed by atoms with E-state index in [1.54, 1.807) is 23.3 Å². The minimum Gasteiger partial charge on any atom is -0.265 e. The van der Waals surface area contributed by atoms with Crippen LogP contribution in [0.4, 0.5) is 0 Å². The van der Waals surface area contributed by atoms with Crippen LogP contribution in [0.15, 0.2) is 60.0 Å². The van der Waals surface area contributed by atoms with Gasteiger partial charge in [0, 0.05) is 18.0 Å². The van der Waals surface area contributed by atoms with E-state index >= 15 is 0 Å². The molecule has 98 valence electrons. The van der Waals surface area contributed by atoms with Crippen molar-refractivity contribution in [3.8, 4) is 11.4 Å². The Balaban J connectivity index is 2.01. The van der Waals surface area contributed by atoms with Crippen molar-refractivity contribution >= 4 is 18.4 Å². The SMILES string of the molecule is S=c1[nH]nc(-c2ccncc2)n1N=Cc1ccccc1. The average molecular weight is 281 g/mol. The zero-order valence-corrected chi connectivity index (χ0v) is 11.3. The molecule has 0 atom stereocenters. The van der Waals surface area contributed by atoms with Crippen molar-refractivity contribution in [1.82, 2.24) is 19.9 Å². The average Bonchev–Trinajstić information content (AvgIpc) is 2.88. The third kappa shape index (κ3) is 2.55. The molecule has 0 saturated carbocycles. The minimum atomic E-state index is 0.448. The van der Waals surface area contributed by atoms with Gasteiger partial charge in [-0.1, -0.05) is 30.3 Å². The second-order valence-corrected chi connectivity index (χ2v) is 4.44. The van der Waals surface area contributed by atoms with E-state index in [0.29, 0.717) is 10.6 Å². The molecular weight excluding hydrogens is 270 g/mol. The number of hydrogen-bond acceptors (Lipinski definition) is 4. The molecule has 1 aromatic carbocycles. The molecular formula is C14H11N5S. The summed E-state index contributed by atoms with van der Waals surface area (Å²) < 4.78 is 2.04.